The zero-order chi connectivity index (χ0) is 44.0. The lowest BCUT2D eigenvalue weighted by Gasteiger charge is -2.29. The first-order valence-electron chi connectivity index (χ1n) is 22.4. The van der Waals surface area contributed by atoms with Crippen molar-refractivity contribution in [1.29, 1.82) is 0 Å². The van der Waals surface area contributed by atoms with Crippen LogP contribution in [0.25, 0.3) is 76.9 Å². The largest absolute Gasteiger partial charge is 0.456 e. The molecule has 2 heteroatoms. The van der Waals surface area contributed by atoms with Crippen LogP contribution >= 0.6 is 0 Å². The van der Waals surface area contributed by atoms with Gasteiger partial charge < -0.3 is 9.32 Å². The molecule has 0 aliphatic heterocycles. The first-order valence-corrected chi connectivity index (χ1v) is 16.9. The average molecular weight is 675 g/mol. The molecule has 0 fully saturated rings. The summed E-state index contributed by atoms with van der Waals surface area (Å²) >= 11 is 0. The van der Waals surface area contributed by atoms with Crippen LogP contribution in [0.2, 0.25) is 0 Å². The molecule has 0 saturated carbocycles. The fraction of sp³-hybridized carbons (Fsp3) is 0. The number of benzene rings is 9. The minimum absolute atomic E-state index is 0.0315. The number of hydrogen-bond acceptors (Lipinski definition) is 2. The lowest BCUT2D eigenvalue weighted by atomic mass is 9.95. The minimum Gasteiger partial charge on any atom is -0.456 e. The Bertz CT molecular complexity index is 3500. The van der Waals surface area contributed by atoms with Crippen LogP contribution in [-0.2, 0) is 0 Å². The standard InChI is InChI=1S/C50H33NO/c1-2-12-34(13-3-1)35-24-26-36(27-25-35)37-28-30-41(31-29-37)51(46-22-10-17-38-14-6-7-18-42(38)46)47-21-9-8-19-43(47)44-20-11-23-48-50(44)45-32-39-15-4-5-16-40(39)33-49(45)52-48/h1-33H/i6D,7D,10D,14D,17D,18D,22D,28D,29D,30D,31D. The molecule has 244 valence electrons. The van der Waals surface area contributed by atoms with E-state index in [0.717, 1.165) is 32.7 Å². The Kier molecular flexibility index (Phi) is 4.96. The van der Waals surface area contributed by atoms with Crippen LogP contribution in [-0.4, -0.2) is 0 Å². The summed E-state index contributed by atoms with van der Waals surface area (Å²) in [5.74, 6) is 0. The van der Waals surface area contributed by atoms with E-state index in [1.54, 1.807) is 36.4 Å². The van der Waals surface area contributed by atoms with Crippen molar-refractivity contribution < 1.29 is 19.5 Å². The molecule has 0 aliphatic rings. The number of anilines is 3. The Hall–Kier alpha value is -6.90. The highest BCUT2D eigenvalue weighted by atomic mass is 16.3. The summed E-state index contributed by atoms with van der Waals surface area (Å²) < 4.78 is 107. The maximum Gasteiger partial charge on any atom is 0.136 e. The molecule has 0 amide bonds. The molecule has 0 aliphatic carbocycles. The fourth-order valence-electron chi connectivity index (χ4n) is 6.97. The van der Waals surface area contributed by atoms with Crippen LogP contribution in [0.4, 0.5) is 17.1 Å². The van der Waals surface area contributed by atoms with Gasteiger partial charge in [0.15, 0.2) is 0 Å². The fourth-order valence-corrected chi connectivity index (χ4v) is 6.97. The molecule has 1 heterocycles. The number of rotatable bonds is 6. The second kappa shape index (κ2) is 12.5. The molecule has 0 bridgehead atoms. The third kappa shape index (κ3) is 5.12. The van der Waals surface area contributed by atoms with Gasteiger partial charge in [0, 0.05) is 27.4 Å². The van der Waals surface area contributed by atoms with E-state index in [2.05, 4.69) is 0 Å². The van der Waals surface area contributed by atoms with Crippen LogP contribution in [0.1, 0.15) is 15.1 Å². The summed E-state index contributed by atoms with van der Waals surface area (Å²) in [6, 6.07) is 35.2. The molecular weight excluding hydrogens is 631 g/mol. The van der Waals surface area contributed by atoms with Crippen LogP contribution in [0.3, 0.4) is 0 Å². The van der Waals surface area contributed by atoms with E-state index < -0.39 is 66.5 Å². The maximum absolute atomic E-state index is 9.70. The highest BCUT2D eigenvalue weighted by Crippen LogP contribution is 2.46. The Labute approximate surface area is 317 Å². The molecule has 9 aromatic carbocycles. The van der Waals surface area contributed by atoms with Gasteiger partial charge in [0.05, 0.1) is 26.5 Å². The van der Waals surface area contributed by atoms with E-state index in [0.29, 0.717) is 27.9 Å². The molecule has 0 spiro atoms. The molecule has 0 unspecified atom stereocenters. The number of nitrogens with zero attached hydrogens (tertiary/aromatic N) is 1. The van der Waals surface area contributed by atoms with Crippen LogP contribution < -0.4 is 4.90 Å². The molecule has 1 aromatic heterocycles. The van der Waals surface area contributed by atoms with E-state index in [9.17, 15) is 8.22 Å². The molecular formula is C50H33NO. The molecule has 0 atom stereocenters. The average Bonchev–Trinajstić information content (AvgIpc) is 3.67. The van der Waals surface area contributed by atoms with Crippen molar-refractivity contribution in [3.63, 3.8) is 0 Å². The van der Waals surface area contributed by atoms with Gasteiger partial charge in [-0.2, -0.15) is 0 Å². The van der Waals surface area contributed by atoms with E-state index >= 15 is 0 Å². The smallest absolute Gasteiger partial charge is 0.136 e. The highest BCUT2D eigenvalue weighted by molar-refractivity contribution is 6.17. The van der Waals surface area contributed by atoms with Gasteiger partial charge in [-0.3, -0.25) is 0 Å². The zero-order valence-corrected chi connectivity index (χ0v) is 27.6. The Morgan fingerprint density at radius 1 is 0.404 bits per heavy atom. The molecule has 10 aromatic rings. The molecule has 0 N–H and O–H groups in total. The third-order valence-corrected chi connectivity index (χ3v) is 9.43. The third-order valence-electron chi connectivity index (χ3n) is 9.43. The van der Waals surface area contributed by atoms with Crippen LogP contribution in [0, 0.1) is 0 Å². The van der Waals surface area contributed by atoms with Crippen molar-refractivity contribution in [2.45, 2.75) is 0 Å². The summed E-state index contributed by atoms with van der Waals surface area (Å²) in [6.45, 7) is 0. The van der Waals surface area contributed by atoms with Gasteiger partial charge in [-0.05, 0) is 86.4 Å². The predicted molar refractivity (Wildman–Crippen MR) is 220 cm³/mol. The minimum atomic E-state index is -0.648. The molecule has 0 saturated heterocycles. The zero-order valence-electron chi connectivity index (χ0n) is 38.6. The van der Waals surface area contributed by atoms with Gasteiger partial charge in [-0.1, -0.05) is 158 Å². The Morgan fingerprint density at radius 2 is 1.06 bits per heavy atom. The van der Waals surface area contributed by atoms with E-state index in [-0.39, 0.29) is 33.4 Å². The Balaban J connectivity index is 1.30. The van der Waals surface area contributed by atoms with E-state index in [4.69, 9.17) is 11.3 Å². The normalized spacial score (nSPS) is 14.4. The summed E-state index contributed by atoms with van der Waals surface area (Å²) in [5, 5.41) is 2.91. The van der Waals surface area contributed by atoms with Crippen molar-refractivity contribution >= 4 is 60.5 Å². The summed E-state index contributed by atoms with van der Waals surface area (Å²) in [6.07, 6.45) is 0. The van der Waals surface area contributed by atoms with Crippen molar-refractivity contribution in [2.75, 3.05) is 4.90 Å². The second-order valence-corrected chi connectivity index (χ2v) is 12.5. The lowest BCUT2D eigenvalue weighted by Crippen LogP contribution is -2.11. The van der Waals surface area contributed by atoms with Gasteiger partial charge in [0.2, 0.25) is 0 Å². The van der Waals surface area contributed by atoms with Crippen molar-refractivity contribution in [1.82, 2.24) is 0 Å². The van der Waals surface area contributed by atoms with Crippen molar-refractivity contribution in [3.05, 3.63) is 200 Å². The van der Waals surface area contributed by atoms with Crippen molar-refractivity contribution in [3.8, 4) is 33.4 Å². The molecule has 52 heavy (non-hydrogen) atoms. The summed E-state index contributed by atoms with van der Waals surface area (Å²) in [7, 11) is 0. The number of para-hydroxylation sites is 1. The first kappa shape index (κ1) is 20.7. The summed E-state index contributed by atoms with van der Waals surface area (Å²) in [4.78, 5) is 1.30. The van der Waals surface area contributed by atoms with Gasteiger partial charge >= 0.3 is 0 Å². The van der Waals surface area contributed by atoms with E-state index in [1.165, 1.54) is 4.90 Å². The van der Waals surface area contributed by atoms with E-state index in [1.807, 2.05) is 97.1 Å². The number of furan rings is 1. The quantitative estimate of drug-likeness (QED) is 0.175. The monoisotopic (exact) mass is 674 g/mol. The van der Waals surface area contributed by atoms with Crippen molar-refractivity contribution in [2.24, 2.45) is 0 Å². The van der Waals surface area contributed by atoms with Gasteiger partial charge in [-0.15, -0.1) is 0 Å². The van der Waals surface area contributed by atoms with Crippen LogP contribution in [0.5, 0.6) is 0 Å². The predicted octanol–water partition coefficient (Wildman–Crippen LogP) is 14.4. The first-order chi connectivity index (χ1) is 30.4. The second-order valence-electron chi connectivity index (χ2n) is 12.5. The summed E-state index contributed by atoms with van der Waals surface area (Å²) in [5.41, 5.74) is 4.26. The molecule has 2 nitrogen and oxygen atoms in total. The highest BCUT2D eigenvalue weighted by Gasteiger charge is 2.22. The molecule has 10 rings (SSSR count). The number of fused-ring (bicyclic) bond motifs is 5. The van der Waals surface area contributed by atoms with Crippen LogP contribution in [0.15, 0.2) is 204 Å². The maximum atomic E-state index is 9.70. The Morgan fingerprint density at radius 3 is 1.88 bits per heavy atom. The van der Waals surface area contributed by atoms with Gasteiger partial charge in [0.25, 0.3) is 0 Å². The topological polar surface area (TPSA) is 16.4 Å². The molecule has 0 radical (unpaired) electrons. The van der Waals surface area contributed by atoms with Gasteiger partial charge in [-0.25, -0.2) is 0 Å². The van der Waals surface area contributed by atoms with Gasteiger partial charge in [0.1, 0.15) is 11.2 Å². The SMILES string of the molecule is [2H]c1c([2H])c(N(c2ccccc2-c2cccc3oc4cc5ccccc5cc4c23)c2c([2H])c([2H])c([2H])c3c([2H])c([2H])c([2H])c([2H])c23)c([2H])c([2H])c1-c1ccc(-c2ccccc2)cc1. The number of hydrogen-bond donors (Lipinski definition) is 0. The lowest BCUT2D eigenvalue weighted by molar-refractivity contribution is 0.669.